The number of hydrogen-bond donors (Lipinski definition) is 1. The first-order valence-corrected chi connectivity index (χ1v) is 2.69. The largest absolute Gasteiger partial charge is 0.483 e. The Morgan fingerprint density at radius 1 is 1.09 bits per heavy atom. The topological polar surface area (TPSA) is 37.3 Å². The molecular formula is C7H6F2O2. The summed E-state index contributed by atoms with van der Waals surface area (Å²) in [5.74, 6) is -0.821. The second-order valence-corrected chi connectivity index (χ2v) is 1.54. The number of benzene rings is 1. The van der Waals surface area contributed by atoms with Gasteiger partial charge in [0.1, 0.15) is 11.6 Å². The van der Waals surface area contributed by atoms with Crippen LogP contribution in [0.4, 0.5) is 8.78 Å². The third kappa shape index (κ3) is 5.02. The van der Waals surface area contributed by atoms with E-state index in [0.29, 0.717) is 0 Å². The summed E-state index contributed by atoms with van der Waals surface area (Å²) in [6.45, 7) is -0.250. The van der Waals surface area contributed by atoms with Gasteiger partial charge in [0, 0.05) is 0 Å². The molecule has 0 bridgehead atoms. The summed E-state index contributed by atoms with van der Waals surface area (Å²) in [5, 5.41) is 6.89. The summed E-state index contributed by atoms with van der Waals surface area (Å²) < 4.78 is 23.8. The molecule has 0 aliphatic rings. The van der Waals surface area contributed by atoms with Crippen LogP contribution in [0.2, 0.25) is 0 Å². The van der Waals surface area contributed by atoms with Crippen LogP contribution >= 0.6 is 0 Å². The fourth-order valence-electron chi connectivity index (χ4n) is 0.430. The average molecular weight is 160 g/mol. The van der Waals surface area contributed by atoms with Crippen molar-refractivity contribution in [1.82, 2.24) is 0 Å². The third-order valence-corrected chi connectivity index (χ3v) is 0.804. The fourth-order valence-corrected chi connectivity index (χ4v) is 0.430. The Bertz CT molecular complexity index is 187. The minimum Gasteiger partial charge on any atom is -0.483 e. The van der Waals surface area contributed by atoms with Crippen LogP contribution in [0.25, 0.3) is 0 Å². The monoisotopic (exact) mass is 160 g/mol. The Morgan fingerprint density at radius 2 is 1.27 bits per heavy atom. The highest BCUT2D eigenvalue weighted by molar-refractivity contribution is 5.32. The van der Waals surface area contributed by atoms with Crippen LogP contribution < -0.4 is 0 Å². The van der Waals surface area contributed by atoms with Gasteiger partial charge in [0.15, 0.2) is 0 Å². The van der Waals surface area contributed by atoms with Crippen molar-refractivity contribution in [3.05, 3.63) is 35.9 Å². The van der Waals surface area contributed by atoms with Crippen molar-refractivity contribution in [2.45, 2.75) is 0 Å². The van der Waals surface area contributed by atoms with E-state index in [1.807, 2.05) is 0 Å². The average Bonchev–Trinajstić information content (AvgIpc) is 1.97. The number of carboxylic acid groups (broad SMARTS) is 1. The molecule has 0 saturated carbocycles. The van der Waals surface area contributed by atoms with E-state index >= 15 is 0 Å². The van der Waals surface area contributed by atoms with Gasteiger partial charge >= 0.3 is 0 Å². The Morgan fingerprint density at radius 3 is 1.45 bits per heavy atom. The highest BCUT2D eigenvalue weighted by Gasteiger charge is 1.86. The molecule has 0 spiro atoms. The lowest BCUT2D eigenvalue weighted by atomic mass is 10.3. The number of carbonyl (C=O) groups is 1. The van der Waals surface area contributed by atoms with Crippen molar-refractivity contribution in [3.8, 4) is 0 Å². The van der Waals surface area contributed by atoms with Gasteiger partial charge in [-0.2, -0.15) is 0 Å². The molecule has 11 heavy (non-hydrogen) atoms. The maximum Gasteiger partial charge on any atom is 0.290 e. The molecule has 0 aromatic heterocycles. The summed E-state index contributed by atoms with van der Waals surface area (Å²) in [4.78, 5) is 8.36. The maximum absolute atomic E-state index is 11.9. The molecule has 1 rings (SSSR count). The van der Waals surface area contributed by atoms with Crippen LogP contribution in [0.1, 0.15) is 0 Å². The van der Waals surface area contributed by atoms with Gasteiger partial charge < -0.3 is 5.11 Å². The molecule has 0 amide bonds. The SMILES string of the molecule is Fc1ccc(F)cc1.O=CO. The van der Waals surface area contributed by atoms with Crippen molar-refractivity contribution < 1.29 is 18.7 Å². The molecule has 0 unspecified atom stereocenters. The normalized spacial score (nSPS) is 7.82. The fraction of sp³-hybridized carbons (Fsp3) is 0. The van der Waals surface area contributed by atoms with Gasteiger partial charge in [-0.3, -0.25) is 4.79 Å². The molecule has 0 aliphatic heterocycles. The molecule has 1 aromatic rings. The van der Waals surface area contributed by atoms with Crippen LogP contribution in [0.5, 0.6) is 0 Å². The molecule has 0 fully saturated rings. The van der Waals surface area contributed by atoms with E-state index in [9.17, 15) is 8.78 Å². The van der Waals surface area contributed by atoms with Crippen LogP contribution in [-0.2, 0) is 4.79 Å². The second-order valence-electron chi connectivity index (χ2n) is 1.54. The zero-order valence-electron chi connectivity index (χ0n) is 5.50. The lowest BCUT2D eigenvalue weighted by molar-refractivity contribution is -0.122. The van der Waals surface area contributed by atoms with E-state index in [-0.39, 0.29) is 6.47 Å². The predicted octanol–water partition coefficient (Wildman–Crippen LogP) is 1.67. The number of halogens is 2. The van der Waals surface area contributed by atoms with Crippen LogP contribution in [0.3, 0.4) is 0 Å². The Hall–Kier alpha value is -1.45. The third-order valence-electron chi connectivity index (χ3n) is 0.804. The van der Waals surface area contributed by atoms with E-state index in [1.54, 1.807) is 0 Å². The van der Waals surface area contributed by atoms with Gasteiger partial charge in [0.2, 0.25) is 0 Å². The van der Waals surface area contributed by atoms with Crippen LogP contribution in [0, 0.1) is 11.6 Å². The minimum atomic E-state index is -0.411. The molecule has 1 N–H and O–H groups in total. The van der Waals surface area contributed by atoms with Gasteiger partial charge in [-0.25, -0.2) is 8.78 Å². The van der Waals surface area contributed by atoms with Gasteiger partial charge in [0.25, 0.3) is 6.47 Å². The van der Waals surface area contributed by atoms with Crippen LogP contribution in [-0.4, -0.2) is 11.6 Å². The lowest BCUT2D eigenvalue weighted by Gasteiger charge is -1.83. The smallest absolute Gasteiger partial charge is 0.290 e. The van der Waals surface area contributed by atoms with Gasteiger partial charge in [-0.15, -0.1) is 0 Å². The molecule has 4 heteroatoms. The summed E-state index contributed by atoms with van der Waals surface area (Å²) in [7, 11) is 0. The first-order valence-electron chi connectivity index (χ1n) is 2.69. The molecule has 60 valence electrons. The lowest BCUT2D eigenvalue weighted by Crippen LogP contribution is -1.72. The molecule has 0 atom stereocenters. The maximum atomic E-state index is 11.9. The van der Waals surface area contributed by atoms with Crippen LogP contribution in [0.15, 0.2) is 24.3 Å². The van der Waals surface area contributed by atoms with Crippen molar-refractivity contribution >= 4 is 6.47 Å². The molecule has 0 radical (unpaired) electrons. The van der Waals surface area contributed by atoms with Crippen molar-refractivity contribution in [1.29, 1.82) is 0 Å². The highest BCUT2D eigenvalue weighted by Crippen LogP contribution is 1.98. The summed E-state index contributed by atoms with van der Waals surface area (Å²) in [5.41, 5.74) is 0. The van der Waals surface area contributed by atoms with Crippen molar-refractivity contribution in [2.24, 2.45) is 0 Å². The molecular weight excluding hydrogens is 154 g/mol. The minimum absolute atomic E-state index is 0.250. The zero-order chi connectivity index (χ0) is 8.69. The molecule has 0 aliphatic carbocycles. The van der Waals surface area contributed by atoms with Crippen molar-refractivity contribution in [3.63, 3.8) is 0 Å². The Balaban J connectivity index is 0.000000292. The molecule has 1 aromatic carbocycles. The van der Waals surface area contributed by atoms with E-state index in [2.05, 4.69) is 0 Å². The Labute approximate surface area is 62.1 Å². The second kappa shape index (κ2) is 5.34. The van der Waals surface area contributed by atoms with E-state index < -0.39 is 11.6 Å². The van der Waals surface area contributed by atoms with Crippen molar-refractivity contribution in [2.75, 3.05) is 0 Å². The molecule has 2 nitrogen and oxygen atoms in total. The van der Waals surface area contributed by atoms with Gasteiger partial charge in [-0.1, -0.05) is 0 Å². The van der Waals surface area contributed by atoms with E-state index in [4.69, 9.17) is 9.90 Å². The number of rotatable bonds is 0. The summed E-state index contributed by atoms with van der Waals surface area (Å²) in [6.07, 6.45) is 0. The van der Waals surface area contributed by atoms with Gasteiger partial charge in [-0.05, 0) is 24.3 Å². The van der Waals surface area contributed by atoms with E-state index in [0.717, 1.165) is 24.3 Å². The summed E-state index contributed by atoms with van der Waals surface area (Å²) in [6, 6.07) is 4.31. The molecule has 0 saturated heterocycles. The summed E-state index contributed by atoms with van der Waals surface area (Å²) >= 11 is 0. The predicted molar refractivity (Wildman–Crippen MR) is 35.1 cm³/mol. The standard InChI is InChI=1S/C6H4F2.CH2O2/c7-5-1-2-6(8)4-3-5;2-1-3/h1-4H;1H,(H,2,3). The quantitative estimate of drug-likeness (QED) is 0.586. The molecule has 0 heterocycles. The first-order chi connectivity index (χ1) is 5.20. The first kappa shape index (κ1) is 9.55. The van der Waals surface area contributed by atoms with Gasteiger partial charge in [0.05, 0.1) is 0 Å². The highest BCUT2D eigenvalue weighted by atomic mass is 19.1. The zero-order valence-corrected chi connectivity index (χ0v) is 5.50. The van der Waals surface area contributed by atoms with E-state index in [1.165, 1.54) is 0 Å². The number of hydrogen-bond acceptors (Lipinski definition) is 1. The Kier molecular flexibility index (Phi) is 4.64.